The molecule has 1 aliphatic heterocycles. The van der Waals surface area contributed by atoms with E-state index in [1.807, 2.05) is 25.3 Å². The molecule has 26 heavy (non-hydrogen) atoms. The number of benzene rings is 1. The summed E-state index contributed by atoms with van der Waals surface area (Å²) in [5.74, 6) is 0.588. The smallest absolute Gasteiger partial charge is 0.137 e. The molecule has 3 heterocycles. The molecule has 1 saturated heterocycles. The zero-order valence-corrected chi connectivity index (χ0v) is 14.5. The van der Waals surface area contributed by atoms with Crippen molar-refractivity contribution in [2.45, 2.75) is 26.0 Å². The highest BCUT2D eigenvalue weighted by molar-refractivity contribution is 5.40. The van der Waals surface area contributed by atoms with Crippen LogP contribution in [-0.2, 0) is 13.0 Å². The second-order valence-electron chi connectivity index (χ2n) is 6.88. The summed E-state index contributed by atoms with van der Waals surface area (Å²) < 4.78 is 20.8. The van der Waals surface area contributed by atoms with Gasteiger partial charge in [-0.15, -0.1) is 0 Å². The van der Waals surface area contributed by atoms with Crippen LogP contribution in [0.3, 0.4) is 0 Å². The van der Waals surface area contributed by atoms with Crippen molar-refractivity contribution in [2.75, 3.05) is 13.1 Å². The first-order valence-electron chi connectivity index (χ1n) is 8.69. The molecular formula is C19H21FN4O2. The standard InChI is InChI=1S/C19H21FN4O2/c1-13-7-17(26-22-13)9-15-11-23(12-19(15)25)10-14-8-16(20)3-4-18(14)24-6-2-5-21-24/h2-8,15,19,25H,9-12H2,1H3/t15-,19-/m1/s1. The normalized spacial score (nSPS) is 20.7. The first-order valence-corrected chi connectivity index (χ1v) is 8.69. The molecule has 4 rings (SSSR count). The van der Waals surface area contributed by atoms with Gasteiger partial charge in [-0.05, 0) is 36.8 Å². The molecule has 1 N–H and O–H groups in total. The number of aryl methyl sites for hydroxylation is 1. The lowest BCUT2D eigenvalue weighted by Gasteiger charge is -2.18. The Kier molecular flexibility index (Phi) is 4.57. The van der Waals surface area contributed by atoms with Crippen LogP contribution in [0.15, 0.2) is 47.2 Å². The van der Waals surface area contributed by atoms with Gasteiger partial charge in [0.1, 0.15) is 11.6 Å². The maximum absolute atomic E-state index is 13.8. The largest absolute Gasteiger partial charge is 0.391 e. The summed E-state index contributed by atoms with van der Waals surface area (Å²) in [7, 11) is 0. The van der Waals surface area contributed by atoms with Gasteiger partial charge in [-0.25, -0.2) is 9.07 Å². The zero-order valence-electron chi connectivity index (χ0n) is 14.5. The number of aliphatic hydroxyl groups excluding tert-OH is 1. The third kappa shape index (κ3) is 3.54. The molecule has 0 aliphatic carbocycles. The Bertz CT molecular complexity index is 878. The number of hydrogen-bond acceptors (Lipinski definition) is 5. The van der Waals surface area contributed by atoms with Crippen LogP contribution >= 0.6 is 0 Å². The van der Waals surface area contributed by atoms with Gasteiger partial charge in [0, 0.05) is 50.4 Å². The first kappa shape index (κ1) is 16.9. The minimum absolute atomic E-state index is 0.0732. The van der Waals surface area contributed by atoms with Gasteiger partial charge in [-0.1, -0.05) is 5.16 Å². The summed E-state index contributed by atoms with van der Waals surface area (Å²) >= 11 is 0. The fourth-order valence-electron chi connectivity index (χ4n) is 3.60. The van der Waals surface area contributed by atoms with Gasteiger partial charge in [0.2, 0.25) is 0 Å². The van der Waals surface area contributed by atoms with Crippen molar-refractivity contribution in [2.24, 2.45) is 5.92 Å². The van der Waals surface area contributed by atoms with Crippen molar-refractivity contribution in [3.8, 4) is 5.69 Å². The maximum atomic E-state index is 13.8. The molecule has 3 aromatic rings. The van der Waals surface area contributed by atoms with Gasteiger partial charge in [0.25, 0.3) is 0 Å². The Morgan fingerprint density at radius 1 is 1.31 bits per heavy atom. The van der Waals surface area contributed by atoms with Crippen molar-refractivity contribution < 1.29 is 14.0 Å². The second-order valence-corrected chi connectivity index (χ2v) is 6.88. The van der Waals surface area contributed by atoms with Crippen LogP contribution in [0.4, 0.5) is 4.39 Å². The molecule has 0 spiro atoms. The fraction of sp³-hybridized carbons (Fsp3) is 0.368. The highest BCUT2D eigenvalue weighted by Gasteiger charge is 2.32. The topological polar surface area (TPSA) is 67.3 Å². The maximum Gasteiger partial charge on any atom is 0.137 e. The molecule has 136 valence electrons. The van der Waals surface area contributed by atoms with Crippen LogP contribution in [0.5, 0.6) is 0 Å². The van der Waals surface area contributed by atoms with E-state index in [0.717, 1.165) is 29.2 Å². The predicted molar refractivity (Wildman–Crippen MR) is 93.2 cm³/mol. The van der Waals surface area contributed by atoms with Crippen molar-refractivity contribution in [3.63, 3.8) is 0 Å². The quantitative estimate of drug-likeness (QED) is 0.760. The first-order chi connectivity index (χ1) is 12.6. The molecule has 1 fully saturated rings. The third-order valence-electron chi connectivity index (χ3n) is 4.81. The van der Waals surface area contributed by atoms with Gasteiger partial charge < -0.3 is 9.63 Å². The van der Waals surface area contributed by atoms with E-state index in [1.165, 1.54) is 12.1 Å². The number of likely N-dealkylation sites (tertiary alicyclic amines) is 1. The summed E-state index contributed by atoms with van der Waals surface area (Å²) in [4.78, 5) is 2.14. The van der Waals surface area contributed by atoms with E-state index in [4.69, 9.17) is 4.52 Å². The van der Waals surface area contributed by atoms with Crippen molar-refractivity contribution in [3.05, 3.63) is 65.6 Å². The Labute approximate surface area is 150 Å². The molecule has 1 aromatic carbocycles. The molecule has 0 radical (unpaired) electrons. The Morgan fingerprint density at radius 2 is 2.19 bits per heavy atom. The average molecular weight is 356 g/mol. The van der Waals surface area contributed by atoms with Crippen LogP contribution in [-0.4, -0.2) is 44.1 Å². The van der Waals surface area contributed by atoms with E-state index in [0.29, 0.717) is 19.5 Å². The number of hydrogen-bond donors (Lipinski definition) is 1. The molecule has 6 nitrogen and oxygen atoms in total. The molecule has 0 bridgehead atoms. The Balaban J connectivity index is 1.49. The van der Waals surface area contributed by atoms with Crippen molar-refractivity contribution in [1.29, 1.82) is 0 Å². The molecule has 7 heteroatoms. The van der Waals surface area contributed by atoms with Gasteiger partial charge in [-0.2, -0.15) is 5.10 Å². The van der Waals surface area contributed by atoms with E-state index in [2.05, 4.69) is 15.2 Å². The van der Waals surface area contributed by atoms with Crippen molar-refractivity contribution >= 4 is 0 Å². The molecule has 2 atom stereocenters. The van der Waals surface area contributed by atoms with E-state index in [9.17, 15) is 9.50 Å². The molecule has 2 aromatic heterocycles. The lowest BCUT2D eigenvalue weighted by atomic mass is 10.0. The minimum atomic E-state index is -0.442. The van der Waals surface area contributed by atoms with Crippen LogP contribution < -0.4 is 0 Å². The number of β-amino-alcohol motifs (C(OH)–C–C–N with tert-alkyl or cyclic N) is 1. The summed E-state index contributed by atoms with van der Waals surface area (Å²) in [6.45, 7) is 3.70. The second kappa shape index (κ2) is 7.01. The van der Waals surface area contributed by atoms with Gasteiger partial charge in [0.15, 0.2) is 0 Å². The van der Waals surface area contributed by atoms with E-state index < -0.39 is 6.10 Å². The fourth-order valence-corrected chi connectivity index (χ4v) is 3.60. The number of halogens is 1. The number of aromatic nitrogens is 3. The summed E-state index contributed by atoms with van der Waals surface area (Å²) in [6, 6.07) is 8.45. The summed E-state index contributed by atoms with van der Waals surface area (Å²) in [5, 5.41) is 18.6. The molecule has 0 saturated carbocycles. The number of nitrogens with zero attached hydrogens (tertiary/aromatic N) is 4. The van der Waals surface area contributed by atoms with Gasteiger partial charge in [0.05, 0.1) is 17.5 Å². The van der Waals surface area contributed by atoms with Gasteiger partial charge in [-0.3, -0.25) is 4.90 Å². The van der Waals surface area contributed by atoms with E-state index in [-0.39, 0.29) is 11.7 Å². The van der Waals surface area contributed by atoms with E-state index in [1.54, 1.807) is 16.9 Å². The highest BCUT2D eigenvalue weighted by Crippen LogP contribution is 2.25. The predicted octanol–water partition coefficient (Wildman–Crippen LogP) is 2.34. The van der Waals surface area contributed by atoms with Crippen LogP contribution in [0.1, 0.15) is 17.0 Å². The molecular weight excluding hydrogens is 335 g/mol. The van der Waals surface area contributed by atoms with Gasteiger partial charge >= 0.3 is 0 Å². The molecule has 0 amide bonds. The van der Waals surface area contributed by atoms with Crippen LogP contribution in [0, 0.1) is 18.7 Å². The van der Waals surface area contributed by atoms with Crippen molar-refractivity contribution in [1.82, 2.24) is 19.8 Å². The lowest BCUT2D eigenvalue weighted by Crippen LogP contribution is -2.22. The monoisotopic (exact) mass is 356 g/mol. The van der Waals surface area contributed by atoms with E-state index >= 15 is 0 Å². The lowest BCUT2D eigenvalue weighted by molar-refractivity contribution is 0.137. The Morgan fingerprint density at radius 3 is 2.92 bits per heavy atom. The molecule has 0 unspecified atom stereocenters. The van der Waals surface area contributed by atoms with Crippen LogP contribution in [0.2, 0.25) is 0 Å². The summed E-state index contributed by atoms with van der Waals surface area (Å²) in [5.41, 5.74) is 2.53. The number of rotatable bonds is 5. The zero-order chi connectivity index (χ0) is 18.1. The average Bonchev–Trinajstić information content (AvgIpc) is 3.32. The van der Waals surface area contributed by atoms with Crippen LogP contribution in [0.25, 0.3) is 5.69 Å². The Hall–Kier alpha value is -2.51. The molecule has 1 aliphatic rings. The minimum Gasteiger partial charge on any atom is -0.391 e. The summed E-state index contributed by atoms with van der Waals surface area (Å²) in [6.07, 6.45) is 3.74. The SMILES string of the molecule is Cc1cc(C[C@@H]2CN(Cc3cc(F)ccc3-n3cccn3)C[C@H]2O)on1. The third-order valence-corrected chi connectivity index (χ3v) is 4.81. The number of aliphatic hydroxyl groups is 1. The highest BCUT2D eigenvalue weighted by atomic mass is 19.1.